The first kappa shape index (κ1) is 16.5. The molecule has 1 saturated heterocycles. The number of aryl methyl sites for hydroxylation is 1. The fourth-order valence-electron chi connectivity index (χ4n) is 3.03. The summed E-state index contributed by atoms with van der Waals surface area (Å²) in [7, 11) is 0. The number of hydrogen-bond donors (Lipinski definition) is 1. The second-order valence-corrected chi connectivity index (χ2v) is 7.46. The Labute approximate surface area is 141 Å². The van der Waals surface area contributed by atoms with Gasteiger partial charge in [0.1, 0.15) is 0 Å². The van der Waals surface area contributed by atoms with Crippen molar-refractivity contribution < 1.29 is 9.59 Å². The number of rotatable bonds is 1. The molecule has 0 saturated carbocycles. The molecule has 128 valence electrons. The number of carbonyl (C=O) groups excluding carboxylic acids is 2. The van der Waals surface area contributed by atoms with E-state index in [4.69, 9.17) is 0 Å². The number of nitrogens with one attached hydrogen (secondary N) is 1. The van der Waals surface area contributed by atoms with Gasteiger partial charge in [0.15, 0.2) is 5.69 Å². The molecule has 1 aliphatic rings. The molecular formula is C18H24N4O2. The molecule has 1 fully saturated rings. The highest BCUT2D eigenvalue weighted by molar-refractivity contribution is 6.04. The van der Waals surface area contributed by atoms with E-state index in [0.717, 1.165) is 16.5 Å². The van der Waals surface area contributed by atoms with Gasteiger partial charge in [0.05, 0.1) is 5.52 Å². The second-order valence-electron chi connectivity index (χ2n) is 7.46. The third-order valence-electron chi connectivity index (χ3n) is 4.42. The zero-order valence-electron chi connectivity index (χ0n) is 14.7. The smallest absolute Gasteiger partial charge is 0.275 e. The van der Waals surface area contributed by atoms with Crippen molar-refractivity contribution in [2.24, 2.45) is 5.41 Å². The molecule has 0 bridgehead atoms. The number of piperazine rings is 1. The number of hydrogen-bond acceptors (Lipinski definition) is 3. The van der Waals surface area contributed by atoms with Gasteiger partial charge >= 0.3 is 0 Å². The molecule has 2 aromatic rings. The van der Waals surface area contributed by atoms with E-state index >= 15 is 0 Å². The minimum atomic E-state index is -0.387. The molecule has 1 aromatic heterocycles. The van der Waals surface area contributed by atoms with Crippen molar-refractivity contribution in [3.8, 4) is 0 Å². The van der Waals surface area contributed by atoms with Crippen LogP contribution in [0.3, 0.4) is 0 Å². The van der Waals surface area contributed by atoms with Crippen LogP contribution >= 0.6 is 0 Å². The first-order valence-electron chi connectivity index (χ1n) is 8.31. The Morgan fingerprint density at radius 2 is 1.71 bits per heavy atom. The number of fused-ring (bicyclic) bond motifs is 1. The van der Waals surface area contributed by atoms with Crippen LogP contribution in [0.1, 0.15) is 36.8 Å². The minimum Gasteiger partial charge on any atom is -0.339 e. The Morgan fingerprint density at radius 3 is 2.33 bits per heavy atom. The molecule has 0 atom stereocenters. The van der Waals surface area contributed by atoms with E-state index in [0.29, 0.717) is 31.9 Å². The predicted octanol–water partition coefficient (Wildman–Crippen LogP) is 2.20. The Kier molecular flexibility index (Phi) is 4.07. The van der Waals surface area contributed by atoms with Crippen molar-refractivity contribution in [2.75, 3.05) is 26.2 Å². The molecule has 0 spiro atoms. The first-order valence-corrected chi connectivity index (χ1v) is 8.31. The topological polar surface area (TPSA) is 69.3 Å². The fourth-order valence-corrected chi connectivity index (χ4v) is 3.03. The van der Waals surface area contributed by atoms with Crippen LogP contribution in [0.15, 0.2) is 18.2 Å². The van der Waals surface area contributed by atoms with Gasteiger partial charge < -0.3 is 9.80 Å². The number of carbonyl (C=O) groups is 2. The number of benzene rings is 1. The zero-order valence-corrected chi connectivity index (χ0v) is 14.7. The summed E-state index contributed by atoms with van der Waals surface area (Å²) < 4.78 is 0. The van der Waals surface area contributed by atoms with E-state index in [1.54, 1.807) is 4.90 Å². The van der Waals surface area contributed by atoms with E-state index in [1.807, 2.05) is 50.8 Å². The van der Waals surface area contributed by atoms with Gasteiger partial charge in [-0.25, -0.2) is 0 Å². The molecule has 0 radical (unpaired) electrons. The van der Waals surface area contributed by atoms with Gasteiger partial charge in [0.2, 0.25) is 5.91 Å². The summed E-state index contributed by atoms with van der Waals surface area (Å²) in [6.45, 7) is 9.99. The number of amides is 2. The molecule has 1 aromatic carbocycles. The average molecular weight is 328 g/mol. The molecule has 2 heterocycles. The minimum absolute atomic E-state index is 0.0743. The standard InChI is InChI=1S/C18H24N4O2/c1-12-5-6-14-13(11-12)15(20-19-14)16(23)21-7-9-22(10-8-21)17(24)18(2,3)4/h5-6,11H,7-10H2,1-4H3,(H,19,20). The summed E-state index contributed by atoms with van der Waals surface area (Å²) in [6.07, 6.45) is 0. The van der Waals surface area contributed by atoms with E-state index in [-0.39, 0.29) is 17.2 Å². The largest absolute Gasteiger partial charge is 0.339 e. The highest BCUT2D eigenvalue weighted by atomic mass is 16.2. The van der Waals surface area contributed by atoms with Crippen LogP contribution in [-0.4, -0.2) is 58.0 Å². The van der Waals surface area contributed by atoms with Crippen molar-refractivity contribution in [3.63, 3.8) is 0 Å². The third kappa shape index (κ3) is 3.00. The monoisotopic (exact) mass is 328 g/mol. The number of nitrogens with zero attached hydrogens (tertiary/aromatic N) is 3. The van der Waals surface area contributed by atoms with Crippen LogP contribution in [0.5, 0.6) is 0 Å². The van der Waals surface area contributed by atoms with Crippen molar-refractivity contribution >= 4 is 22.7 Å². The van der Waals surface area contributed by atoms with Crippen LogP contribution in [0.2, 0.25) is 0 Å². The zero-order chi connectivity index (χ0) is 17.5. The summed E-state index contributed by atoms with van der Waals surface area (Å²) in [5.41, 5.74) is 2.04. The van der Waals surface area contributed by atoms with Gasteiger partial charge in [-0.2, -0.15) is 5.10 Å². The van der Waals surface area contributed by atoms with Crippen molar-refractivity contribution in [3.05, 3.63) is 29.5 Å². The molecule has 0 unspecified atom stereocenters. The predicted molar refractivity (Wildman–Crippen MR) is 92.8 cm³/mol. The van der Waals surface area contributed by atoms with Crippen LogP contribution in [-0.2, 0) is 4.79 Å². The molecule has 3 rings (SSSR count). The summed E-state index contributed by atoms with van der Waals surface area (Å²) in [5.74, 6) is 0.0603. The van der Waals surface area contributed by atoms with E-state index < -0.39 is 0 Å². The molecular weight excluding hydrogens is 304 g/mol. The van der Waals surface area contributed by atoms with Gasteiger partial charge in [0.25, 0.3) is 5.91 Å². The maximum absolute atomic E-state index is 12.8. The summed E-state index contributed by atoms with van der Waals surface area (Å²) >= 11 is 0. The molecule has 1 aliphatic heterocycles. The van der Waals surface area contributed by atoms with Crippen LogP contribution < -0.4 is 0 Å². The lowest BCUT2D eigenvalue weighted by Gasteiger charge is -2.37. The van der Waals surface area contributed by atoms with Crippen LogP contribution in [0.25, 0.3) is 10.9 Å². The average Bonchev–Trinajstić information content (AvgIpc) is 2.95. The van der Waals surface area contributed by atoms with Crippen LogP contribution in [0.4, 0.5) is 0 Å². The number of aromatic nitrogens is 2. The van der Waals surface area contributed by atoms with Gasteiger partial charge in [-0.05, 0) is 19.1 Å². The maximum atomic E-state index is 12.8. The van der Waals surface area contributed by atoms with Gasteiger partial charge in [-0.1, -0.05) is 32.4 Å². The number of aromatic amines is 1. The van der Waals surface area contributed by atoms with E-state index in [2.05, 4.69) is 10.2 Å². The molecule has 6 heteroatoms. The lowest BCUT2D eigenvalue weighted by molar-refractivity contribution is -0.140. The van der Waals surface area contributed by atoms with Gasteiger partial charge in [-0.3, -0.25) is 14.7 Å². The van der Waals surface area contributed by atoms with Crippen LogP contribution in [0, 0.1) is 12.3 Å². The Bertz CT molecular complexity index is 780. The second kappa shape index (κ2) is 5.92. The van der Waals surface area contributed by atoms with Gasteiger partial charge in [0, 0.05) is 37.0 Å². The van der Waals surface area contributed by atoms with Crippen molar-refractivity contribution in [1.29, 1.82) is 0 Å². The Balaban J connectivity index is 1.73. The van der Waals surface area contributed by atoms with E-state index in [1.165, 1.54) is 0 Å². The summed E-state index contributed by atoms with van der Waals surface area (Å²) in [5, 5.41) is 7.98. The Hall–Kier alpha value is -2.37. The van der Waals surface area contributed by atoms with Crippen molar-refractivity contribution in [2.45, 2.75) is 27.7 Å². The van der Waals surface area contributed by atoms with Crippen molar-refractivity contribution in [1.82, 2.24) is 20.0 Å². The fraction of sp³-hybridized carbons (Fsp3) is 0.500. The summed E-state index contributed by atoms with van der Waals surface area (Å²) in [4.78, 5) is 28.8. The lowest BCUT2D eigenvalue weighted by atomic mass is 9.94. The maximum Gasteiger partial charge on any atom is 0.275 e. The Morgan fingerprint density at radius 1 is 1.08 bits per heavy atom. The highest BCUT2D eigenvalue weighted by Crippen LogP contribution is 2.21. The number of H-pyrrole nitrogens is 1. The summed E-state index contributed by atoms with van der Waals surface area (Å²) in [6, 6.07) is 5.91. The molecule has 24 heavy (non-hydrogen) atoms. The van der Waals surface area contributed by atoms with Gasteiger partial charge in [-0.15, -0.1) is 0 Å². The third-order valence-corrected chi connectivity index (χ3v) is 4.42. The normalized spacial score (nSPS) is 15.8. The molecule has 0 aliphatic carbocycles. The SMILES string of the molecule is Cc1ccc2[nH]nc(C(=O)N3CCN(C(=O)C(C)(C)C)CC3)c2c1. The van der Waals surface area contributed by atoms with E-state index in [9.17, 15) is 9.59 Å². The lowest BCUT2D eigenvalue weighted by Crippen LogP contribution is -2.53. The molecule has 6 nitrogen and oxygen atoms in total. The molecule has 1 N–H and O–H groups in total. The first-order chi connectivity index (χ1) is 11.3. The quantitative estimate of drug-likeness (QED) is 0.872. The highest BCUT2D eigenvalue weighted by Gasteiger charge is 2.31. The molecule has 2 amide bonds.